The average molecular weight is 295 g/mol. The van der Waals surface area contributed by atoms with Crippen LogP contribution in [0.5, 0.6) is 0 Å². The molecule has 0 radical (unpaired) electrons. The highest BCUT2D eigenvalue weighted by Gasteiger charge is 2.31. The lowest BCUT2D eigenvalue weighted by Crippen LogP contribution is -2.43. The lowest BCUT2D eigenvalue weighted by atomic mass is 9.79. The molecular formula is C17H29NOS. The third kappa shape index (κ3) is 4.31. The van der Waals surface area contributed by atoms with Gasteiger partial charge in [-0.2, -0.15) is 0 Å². The Morgan fingerprint density at radius 3 is 2.50 bits per heavy atom. The van der Waals surface area contributed by atoms with E-state index in [1.54, 1.807) is 0 Å². The number of hydrogen-bond acceptors (Lipinski definition) is 3. The Kier molecular flexibility index (Phi) is 4.93. The van der Waals surface area contributed by atoms with Crippen molar-refractivity contribution in [2.75, 3.05) is 6.54 Å². The molecule has 1 aromatic heterocycles. The van der Waals surface area contributed by atoms with E-state index in [-0.39, 0.29) is 5.41 Å². The fourth-order valence-electron chi connectivity index (χ4n) is 2.77. The Hall–Kier alpha value is -0.380. The highest BCUT2D eigenvalue weighted by atomic mass is 32.1. The van der Waals surface area contributed by atoms with Crippen LogP contribution in [0.4, 0.5) is 0 Å². The van der Waals surface area contributed by atoms with E-state index in [0.717, 1.165) is 44.7 Å². The van der Waals surface area contributed by atoms with E-state index in [4.69, 9.17) is 0 Å². The molecular weight excluding hydrogens is 266 g/mol. The van der Waals surface area contributed by atoms with Crippen molar-refractivity contribution >= 4 is 11.3 Å². The number of rotatable bonds is 4. The Morgan fingerprint density at radius 1 is 1.30 bits per heavy atom. The Morgan fingerprint density at radius 2 is 1.95 bits per heavy atom. The molecule has 2 rings (SSSR count). The number of hydrogen-bond donors (Lipinski definition) is 2. The summed E-state index contributed by atoms with van der Waals surface area (Å²) in [5, 5.41) is 14.0. The molecule has 0 atom stereocenters. The van der Waals surface area contributed by atoms with Crippen LogP contribution in [0.25, 0.3) is 0 Å². The van der Waals surface area contributed by atoms with Crippen LogP contribution in [0.3, 0.4) is 0 Å². The van der Waals surface area contributed by atoms with Gasteiger partial charge in [-0.1, -0.05) is 27.7 Å². The summed E-state index contributed by atoms with van der Waals surface area (Å²) >= 11 is 1.88. The van der Waals surface area contributed by atoms with Gasteiger partial charge < -0.3 is 10.4 Å². The standard InChI is InChI=1S/C17H29NOS/c1-13-7-9-17(19,10-8-13)12-18-11-14-5-6-15(20-14)16(2,3)4/h5-6,13,18-19H,7-12H2,1-4H3. The Labute approximate surface area is 127 Å². The summed E-state index contributed by atoms with van der Waals surface area (Å²) < 4.78 is 0. The number of aliphatic hydroxyl groups is 1. The van der Waals surface area contributed by atoms with Gasteiger partial charge in [-0.05, 0) is 49.1 Å². The maximum absolute atomic E-state index is 10.5. The van der Waals surface area contributed by atoms with E-state index in [0.29, 0.717) is 0 Å². The van der Waals surface area contributed by atoms with Crippen LogP contribution in [-0.4, -0.2) is 17.3 Å². The Balaban J connectivity index is 1.80. The van der Waals surface area contributed by atoms with Gasteiger partial charge >= 0.3 is 0 Å². The molecule has 1 aromatic rings. The first kappa shape index (κ1) is 16.0. The van der Waals surface area contributed by atoms with Crippen LogP contribution in [-0.2, 0) is 12.0 Å². The minimum absolute atomic E-state index is 0.237. The van der Waals surface area contributed by atoms with Gasteiger partial charge in [0.05, 0.1) is 5.60 Å². The molecule has 3 heteroatoms. The third-order valence-electron chi connectivity index (χ3n) is 4.36. The van der Waals surface area contributed by atoms with Crippen molar-refractivity contribution in [3.8, 4) is 0 Å². The molecule has 0 saturated heterocycles. The molecule has 2 N–H and O–H groups in total. The Bertz CT molecular complexity index is 424. The summed E-state index contributed by atoms with van der Waals surface area (Å²) in [6.45, 7) is 10.6. The van der Waals surface area contributed by atoms with E-state index >= 15 is 0 Å². The first-order valence-corrected chi connectivity index (χ1v) is 8.62. The molecule has 0 spiro atoms. The first-order chi connectivity index (χ1) is 9.28. The van der Waals surface area contributed by atoms with Crippen molar-refractivity contribution in [3.63, 3.8) is 0 Å². The molecule has 1 fully saturated rings. The maximum Gasteiger partial charge on any atom is 0.0771 e. The predicted octanol–water partition coefficient (Wildman–Crippen LogP) is 4.08. The second kappa shape index (κ2) is 6.17. The first-order valence-electron chi connectivity index (χ1n) is 7.81. The molecule has 0 aliphatic heterocycles. The molecule has 1 heterocycles. The molecule has 0 bridgehead atoms. The molecule has 0 amide bonds. The second-order valence-electron chi connectivity index (χ2n) is 7.53. The van der Waals surface area contributed by atoms with Crippen molar-refractivity contribution in [1.82, 2.24) is 5.32 Å². The topological polar surface area (TPSA) is 32.3 Å². The SMILES string of the molecule is CC1CCC(O)(CNCc2ccc(C(C)(C)C)s2)CC1. The van der Waals surface area contributed by atoms with Gasteiger partial charge in [0.2, 0.25) is 0 Å². The fourth-order valence-corrected chi connectivity index (χ4v) is 3.81. The van der Waals surface area contributed by atoms with Gasteiger partial charge in [0.1, 0.15) is 0 Å². The van der Waals surface area contributed by atoms with E-state index in [2.05, 4.69) is 45.1 Å². The van der Waals surface area contributed by atoms with Crippen molar-refractivity contribution in [2.24, 2.45) is 5.92 Å². The van der Waals surface area contributed by atoms with Gasteiger partial charge in [0.15, 0.2) is 0 Å². The second-order valence-corrected chi connectivity index (χ2v) is 8.69. The minimum atomic E-state index is -0.476. The summed E-state index contributed by atoms with van der Waals surface area (Å²) in [7, 11) is 0. The van der Waals surface area contributed by atoms with Gasteiger partial charge in [0, 0.05) is 22.8 Å². The molecule has 2 nitrogen and oxygen atoms in total. The smallest absolute Gasteiger partial charge is 0.0771 e. The predicted molar refractivity (Wildman–Crippen MR) is 87.3 cm³/mol. The van der Waals surface area contributed by atoms with Crippen LogP contribution >= 0.6 is 11.3 Å². The lowest BCUT2D eigenvalue weighted by molar-refractivity contribution is -0.00625. The molecule has 20 heavy (non-hydrogen) atoms. The molecule has 0 aromatic carbocycles. The number of nitrogens with one attached hydrogen (secondary N) is 1. The van der Waals surface area contributed by atoms with Gasteiger partial charge in [-0.15, -0.1) is 11.3 Å². The molecule has 1 aliphatic rings. The average Bonchev–Trinajstić information content (AvgIpc) is 2.82. The van der Waals surface area contributed by atoms with Crippen LogP contribution < -0.4 is 5.32 Å². The monoisotopic (exact) mass is 295 g/mol. The minimum Gasteiger partial charge on any atom is -0.389 e. The molecule has 1 saturated carbocycles. The summed E-state index contributed by atoms with van der Waals surface area (Å²) in [5.74, 6) is 0.780. The van der Waals surface area contributed by atoms with Crippen molar-refractivity contribution in [3.05, 3.63) is 21.9 Å². The normalized spacial score (nSPS) is 27.8. The van der Waals surface area contributed by atoms with Crippen LogP contribution in [0.2, 0.25) is 0 Å². The molecule has 0 unspecified atom stereocenters. The highest BCUT2D eigenvalue weighted by molar-refractivity contribution is 7.12. The summed E-state index contributed by atoms with van der Waals surface area (Å²) in [6, 6.07) is 4.45. The van der Waals surface area contributed by atoms with Crippen LogP contribution in [0, 0.1) is 5.92 Å². The zero-order valence-corrected chi connectivity index (χ0v) is 14.1. The number of thiophene rings is 1. The molecule has 114 valence electrons. The largest absolute Gasteiger partial charge is 0.389 e. The zero-order chi connectivity index (χ0) is 14.8. The van der Waals surface area contributed by atoms with Gasteiger partial charge in [-0.25, -0.2) is 0 Å². The highest BCUT2D eigenvalue weighted by Crippen LogP contribution is 2.32. The van der Waals surface area contributed by atoms with Gasteiger partial charge in [0.25, 0.3) is 0 Å². The van der Waals surface area contributed by atoms with E-state index < -0.39 is 5.60 Å². The third-order valence-corrected chi connectivity index (χ3v) is 5.87. The van der Waals surface area contributed by atoms with Crippen LogP contribution in [0.15, 0.2) is 12.1 Å². The zero-order valence-electron chi connectivity index (χ0n) is 13.3. The van der Waals surface area contributed by atoms with E-state index in [1.165, 1.54) is 9.75 Å². The quantitative estimate of drug-likeness (QED) is 0.877. The summed E-state index contributed by atoms with van der Waals surface area (Å²) in [5.41, 5.74) is -0.239. The van der Waals surface area contributed by atoms with E-state index in [1.807, 2.05) is 11.3 Å². The fraction of sp³-hybridized carbons (Fsp3) is 0.765. The summed E-state index contributed by atoms with van der Waals surface area (Å²) in [4.78, 5) is 2.79. The lowest BCUT2D eigenvalue weighted by Gasteiger charge is -2.35. The van der Waals surface area contributed by atoms with Crippen LogP contribution in [0.1, 0.15) is 63.1 Å². The molecule has 1 aliphatic carbocycles. The maximum atomic E-state index is 10.5. The van der Waals surface area contributed by atoms with Crippen molar-refractivity contribution in [1.29, 1.82) is 0 Å². The summed E-state index contributed by atoms with van der Waals surface area (Å²) in [6.07, 6.45) is 4.20. The van der Waals surface area contributed by atoms with Gasteiger partial charge in [-0.3, -0.25) is 0 Å². The van der Waals surface area contributed by atoms with Crippen molar-refractivity contribution in [2.45, 2.75) is 70.9 Å². The van der Waals surface area contributed by atoms with E-state index in [9.17, 15) is 5.11 Å². The van der Waals surface area contributed by atoms with Crippen molar-refractivity contribution < 1.29 is 5.11 Å².